The molecule has 1 aromatic carbocycles. The molecule has 0 aliphatic rings. The van der Waals surface area contributed by atoms with Crippen LogP contribution in [0.2, 0.25) is 0 Å². The fourth-order valence-corrected chi connectivity index (χ4v) is 3.26. The molecule has 1 atom stereocenters. The summed E-state index contributed by atoms with van der Waals surface area (Å²) in [4.78, 5) is 12.2. The molecule has 3 nitrogen and oxygen atoms in total. The van der Waals surface area contributed by atoms with Gasteiger partial charge in [0.1, 0.15) is 0 Å². The second-order valence-corrected chi connectivity index (χ2v) is 6.56. The molecule has 106 valence electrons. The number of aromatic carboxylic acids is 1. The average molecular weight is 354 g/mol. The first kappa shape index (κ1) is 15.2. The van der Waals surface area contributed by atoms with E-state index in [-0.39, 0.29) is 0 Å². The highest BCUT2D eigenvalue weighted by molar-refractivity contribution is 9.10. The van der Waals surface area contributed by atoms with E-state index in [0.29, 0.717) is 18.2 Å². The van der Waals surface area contributed by atoms with Gasteiger partial charge in [-0.15, -0.1) is 11.3 Å². The third-order valence-electron chi connectivity index (χ3n) is 3.03. The van der Waals surface area contributed by atoms with E-state index in [1.807, 2.05) is 6.07 Å². The Bertz CT molecular complexity index is 584. The summed E-state index contributed by atoms with van der Waals surface area (Å²) in [6, 6.07) is 9.70. The van der Waals surface area contributed by atoms with Gasteiger partial charge in [-0.1, -0.05) is 28.1 Å². The van der Waals surface area contributed by atoms with Gasteiger partial charge in [0.05, 0.1) is 5.56 Å². The minimum absolute atomic E-state index is 0.298. The second kappa shape index (κ2) is 7.02. The van der Waals surface area contributed by atoms with Gasteiger partial charge in [0.25, 0.3) is 0 Å². The van der Waals surface area contributed by atoms with Crippen molar-refractivity contribution in [1.29, 1.82) is 0 Å². The van der Waals surface area contributed by atoms with E-state index in [2.05, 4.69) is 45.7 Å². The third-order valence-corrected chi connectivity index (χ3v) is 4.67. The summed E-state index contributed by atoms with van der Waals surface area (Å²) in [5.74, 6) is -0.906. The molecule has 0 spiro atoms. The van der Waals surface area contributed by atoms with E-state index >= 15 is 0 Å². The SMILES string of the molecule is CC(Cc1cccs1)NCc1ccc(C(=O)O)cc1Br. The van der Waals surface area contributed by atoms with Crippen molar-refractivity contribution in [2.24, 2.45) is 0 Å². The summed E-state index contributed by atoms with van der Waals surface area (Å²) in [7, 11) is 0. The average Bonchev–Trinajstić information content (AvgIpc) is 2.90. The Morgan fingerprint density at radius 3 is 2.85 bits per heavy atom. The fraction of sp³-hybridized carbons (Fsp3) is 0.267. The number of carboxylic acids is 1. The summed E-state index contributed by atoms with van der Waals surface area (Å²) in [6.45, 7) is 2.87. The van der Waals surface area contributed by atoms with Gasteiger partial charge in [-0.3, -0.25) is 0 Å². The van der Waals surface area contributed by atoms with Gasteiger partial charge in [0.2, 0.25) is 0 Å². The van der Waals surface area contributed by atoms with Crippen LogP contribution in [0.1, 0.15) is 27.7 Å². The predicted octanol–water partition coefficient (Wildman–Crippen LogP) is 3.93. The molecule has 1 aromatic heterocycles. The number of thiophene rings is 1. The molecule has 2 aromatic rings. The normalized spacial score (nSPS) is 12.3. The van der Waals surface area contributed by atoms with Crippen molar-refractivity contribution in [3.8, 4) is 0 Å². The first-order valence-electron chi connectivity index (χ1n) is 6.33. The summed E-state index contributed by atoms with van der Waals surface area (Å²) in [5, 5.41) is 14.5. The highest BCUT2D eigenvalue weighted by atomic mass is 79.9. The maximum absolute atomic E-state index is 10.9. The number of halogens is 1. The molecular weight excluding hydrogens is 338 g/mol. The number of hydrogen-bond acceptors (Lipinski definition) is 3. The van der Waals surface area contributed by atoms with Gasteiger partial charge in [-0.05, 0) is 42.5 Å². The summed E-state index contributed by atoms with van der Waals surface area (Å²) >= 11 is 5.19. The first-order chi connectivity index (χ1) is 9.56. The van der Waals surface area contributed by atoms with E-state index in [0.717, 1.165) is 16.5 Å². The molecule has 0 aliphatic carbocycles. The number of hydrogen-bond donors (Lipinski definition) is 2. The lowest BCUT2D eigenvalue weighted by atomic mass is 10.1. The number of nitrogens with one attached hydrogen (secondary N) is 1. The molecule has 20 heavy (non-hydrogen) atoms. The standard InChI is InChI=1S/C15H16BrNO2S/c1-10(7-13-3-2-6-20-13)17-9-12-5-4-11(15(18)19)8-14(12)16/h2-6,8,10,17H,7,9H2,1H3,(H,18,19). The molecule has 0 saturated heterocycles. The van der Waals surface area contributed by atoms with Crippen molar-refractivity contribution in [2.45, 2.75) is 25.9 Å². The van der Waals surface area contributed by atoms with E-state index in [4.69, 9.17) is 5.11 Å². The molecule has 0 amide bonds. The van der Waals surface area contributed by atoms with E-state index in [1.54, 1.807) is 23.5 Å². The van der Waals surface area contributed by atoms with Crippen LogP contribution in [0.4, 0.5) is 0 Å². The van der Waals surface area contributed by atoms with Crippen LogP contribution in [-0.2, 0) is 13.0 Å². The van der Waals surface area contributed by atoms with Gasteiger partial charge in [-0.25, -0.2) is 4.79 Å². The smallest absolute Gasteiger partial charge is 0.335 e. The Morgan fingerprint density at radius 1 is 1.45 bits per heavy atom. The van der Waals surface area contributed by atoms with Crippen LogP contribution in [0, 0.1) is 0 Å². The van der Waals surface area contributed by atoms with Crippen LogP contribution in [0.3, 0.4) is 0 Å². The molecule has 1 heterocycles. The number of carbonyl (C=O) groups is 1. The lowest BCUT2D eigenvalue weighted by molar-refractivity contribution is 0.0697. The molecule has 2 N–H and O–H groups in total. The number of carboxylic acid groups (broad SMARTS) is 1. The molecule has 0 aliphatic heterocycles. The van der Waals surface area contributed by atoms with Crippen LogP contribution >= 0.6 is 27.3 Å². The molecule has 0 saturated carbocycles. The van der Waals surface area contributed by atoms with Crippen molar-refractivity contribution in [1.82, 2.24) is 5.32 Å². The summed E-state index contributed by atoms with van der Waals surface area (Å²) in [5.41, 5.74) is 1.36. The molecule has 2 rings (SSSR count). The lowest BCUT2D eigenvalue weighted by Gasteiger charge is -2.14. The van der Waals surface area contributed by atoms with Crippen molar-refractivity contribution in [3.05, 3.63) is 56.2 Å². The van der Waals surface area contributed by atoms with E-state index in [9.17, 15) is 4.79 Å². The quantitative estimate of drug-likeness (QED) is 0.826. The van der Waals surface area contributed by atoms with E-state index < -0.39 is 5.97 Å². The molecule has 5 heteroatoms. The topological polar surface area (TPSA) is 49.3 Å². The number of rotatable bonds is 6. The molecule has 0 bridgehead atoms. The van der Waals surface area contributed by atoms with Gasteiger partial charge in [0, 0.05) is 21.9 Å². The van der Waals surface area contributed by atoms with Crippen LogP contribution in [-0.4, -0.2) is 17.1 Å². The highest BCUT2D eigenvalue weighted by Gasteiger charge is 2.08. The van der Waals surface area contributed by atoms with Crippen LogP contribution in [0.25, 0.3) is 0 Å². The molecule has 0 radical (unpaired) electrons. The minimum atomic E-state index is -0.906. The zero-order valence-corrected chi connectivity index (χ0v) is 13.5. The zero-order chi connectivity index (χ0) is 14.5. The Kier molecular flexibility index (Phi) is 5.34. The lowest BCUT2D eigenvalue weighted by Crippen LogP contribution is -2.27. The van der Waals surface area contributed by atoms with Gasteiger partial charge < -0.3 is 10.4 Å². The summed E-state index contributed by atoms with van der Waals surface area (Å²) < 4.78 is 0.827. The fourth-order valence-electron chi connectivity index (χ4n) is 1.91. The third kappa shape index (κ3) is 4.16. The maximum Gasteiger partial charge on any atom is 0.335 e. The number of benzene rings is 1. The van der Waals surface area contributed by atoms with Crippen LogP contribution in [0.15, 0.2) is 40.2 Å². The molecule has 1 unspecified atom stereocenters. The zero-order valence-electron chi connectivity index (χ0n) is 11.1. The molecular formula is C15H16BrNO2S. The van der Waals surface area contributed by atoms with Crippen LogP contribution < -0.4 is 5.32 Å². The Morgan fingerprint density at radius 2 is 2.25 bits per heavy atom. The van der Waals surface area contributed by atoms with Crippen molar-refractivity contribution in [2.75, 3.05) is 0 Å². The highest BCUT2D eigenvalue weighted by Crippen LogP contribution is 2.19. The second-order valence-electron chi connectivity index (χ2n) is 4.68. The van der Waals surface area contributed by atoms with Crippen molar-refractivity contribution < 1.29 is 9.90 Å². The Labute approximate surface area is 130 Å². The Balaban J connectivity index is 1.92. The van der Waals surface area contributed by atoms with Gasteiger partial charge in [-0.2, -0.15) is 0 Å². The minimum Gasteiger partial charge on any atom is -0.478 e. The molecule has 0 fully saturated rings. The summed E-state index contributed by atoms with van der Waals surface area (Å²) in [6.07, 6.45) is 1.00. The predicted molar refractivity (Wildman–Crippen MR) is 85.4 cm³/mol. The van der Waals surface area contributed by atoms with Gasteiger partial charge in [0.15, 0.2) is 0 Å². The maximum atomic E-state index is 10.9. The van der Waals surface area contributed by atoms with Gasteiger partial charge >= 0.3 is 5.97 Å². The monoisotopic (exact) mass is 353 g/mol. The van der Waals surface area contributed by atoms with Crippen molar-refractivity contribution >= 4 is 33.2 Å². The van der Waals surface area contributed by atoms with Crippen molar-refractivity contribution in [3.63, 3.8) is 0 Å². The largest absolute Gasteiger partial charge is 0.478 e. The van der Waals surface area contributed by atoms with Crippen LogP contribution in [0.5, 0.6) is 0 Å². The Hall–Kier alpha value is -1.17. The van der Waals surface area contributed by atoms with E-state index in [1.165, 1.54) is 4.88 Å². The first-order valence-corrected chi connectivity index (χ1v) is 8.01.